The Bertz CT molecular complexity index is 233. The van der Waals surface area contributed by atoms with E-state index in [-0.39, 0.29) is 24.0 Å². The summed E-state index contributed by atoms with van der Waals surface area (Å²) in [7, 11) is 3.26. The van der Waals surface area contributed by atoms with E-state index in [4.69, 9.17) is 15.2 Å². The van der Waals surface area contributed by atoms with Crippen LogP contribution in [0.25, 0.3) is 0 Å². The van der Waals surface area contributed by atoms with Crippen LogP contribution in [-0.2, 0) is 14.3 Å². The van der Waals surface area contributed by atoms with Crippen LogP contribution in [0.5, 0.6) is 0 Å². The molecule has 0 aliphatic carbocycles. The lowest BCUT2D eigenvalue weighted by Crippen LogP contribution is -2.46. The maximum Gasteiger partial charge on any atom is 0.239 e. The first-order valence-corrected chi connectivity index (χ1v) is 5.61. The van der Waals surface area contributed by atoms with E-state index in [2.05, 4.69) is 0 Å². The topological polar surface area (TPSA) is 64.8 Å². The van der Waals surface area contributed by atoms with Crippen LogP contribution >= 0.6 is 0 Å². The molecule has 1 fully saturated rings. The van der Waals surface area contributed by atoms with E-state index in [1.807, 2.05) is 13.8 Å². The van der Waals surface area contributed by atoms with Gasteiger partial charge in [-0.2, -0.15) is 0 Å². The van der Waals surface area contributed by atoms with Crippen molar-refractivity contribution in [1.82, 2.24) is 4.90 Å². The summed E-state index contributed by atoms with van der Waals surface area (Å²) in [5.41, 5.74) is 5.84. The summed E-state index contributed by atoms with van der Waals surface area (Å²) in [6.45, 7) is 5.02. The molecule has 1 saturated heterocycles. The van der Waals surface area contributed by atoms with Crippen molar-refractivity contribution in [1.29, 1.82) is 0 Å². The van der Waals surface area contributed by atoms with Crippen LogP contribution in [0.4, 0.5) is 0 Å². The lowest BCUT2D eigenvalue weighted by atomic mass is 10.0. The summed E-state index contributed by atoms with van der Waals surface area (Å²) in [4.78, 5) is 13.7. The van der Waals surface area contributed by atoms with Gasteiger partial charge in [0.2, 0.25) is 5.91 Å². The van der Waals surface area contributed by atoms with Gasteiger partial charge in [-0.05, 0) is 5.92 Å². The molecular weight excluding hydrogens is 208 g/mol. The molecule has 0 aromatic heterocycles. The standard InChI is InChI=1S/C11H22N2O3/c1-7(2)10(12)11(14)13-5-8(15-3)9(6-13)16-4/h7-10H,5-6,12H2,1-4H3/t8?,9?,10-/m0/s1. The Kier molecular flexibility index (Phi) is 4.70. The molecule has 1 heterocycles. The Morgan fingerprint density at radius 2 is 1.69 bits per heavy atom. The summed E-state index contributed by atoms with van der Waals surface area (Å²) < 4.78 is 10.6. The smallest absolute Gasteiger partial charge is 0.239 e. The fraction of sp³-hybridized carbons (Fsp3) is 0.909. The van der Waals surface area contributed by atoms with E-state index in [0.717, 1.165) is 0 Å². The second-order valence-electron chi connectivity index (χ2n) is 4.56. The second kappa shape index (κ2) is 5.61. The van der Waals surface area contributed by atoms with Gasteiger partial charge in [0.1, 0.15) is 12.2 Å². The van der Waals surface area contributed by atoms with Crippen molar-refractivity contribution in [2.75, 3.05) is 27.3 Å². The van der Waals surface area contributed by atoms with Crippen molar-refractivity contribution >= 4 is 5.91 Å². The molecule has 1 aliphatic rings. The van der Waals surface area contributed by atoms with Gasteiger partial charge in [-0.25, -0.2) is 0 Å². The average molecular weight is 230 g/mol. The van der Waals surface area contributed by atoms with Crippen molar-refractivity contribution in [3.05, 3.63) is 0 Å². The zero-order valence-corrected chi connectivity index (χ0v) is 10.5. The molecule has 5 heteroatoms. The number of hydrogen-bond acceptors (Lipinski definition) is 4. The monoisotopic (exact) mass is 230 g/mol. The number of hydrogen-bond donors (Lipinski definition) is 1. The first kappa shape index (κ1) is 13.4. The van der Waals surface area contributed by atoms with Crippen molar-refractivity contribution < 1.29 is 14.3 Å². The lowest BCUT2D eigenvalue weighted by Gasteiger charge is -2.22. The van der Waals surface area contributed by atoms with Gasteiger partial charge in [-0.15, -0.1) is 0 Å². The molecule has 0 radical (unpaired) electrons. The predicted octanol–water partition coefficient (Wildman–Crippen LogP) is -0.158. The van der Waals surface area contributed by atoms with Crippen LogP contribution in [-0.4, -0.2) is 56.4 Å². The van der Waals surface area contributed by atoms with E-state index in [1.165, 1.54) is 0 Å². The largest absolute Gasteiger partial charge is 0.377 e. The number of ether oxygens (including phenoxy) is 2. The van der Waals surface area contributed by atoms with Crippen molar-refractivity contribution in [3.63, 3.8) is 0 Å². The van der Waals surface area contributed by atoms with E-state index < -0.39 is 6.04 Å². The van der Waals surface area contributed by atoms with Crippen molar-refractivity contribution in [2.24, 2.45) is 11.7 Å². The highest BCUT2D eigenvalue weighted by atomic mass is 16.5. The molecule has 5 nitrogen and oxygen atoms in total. The first-order chi connectivity index (χ1) is 7.51. The molecule has 0 saturated carbocycles. The van der Waals surface area contributed by atoms with Crippen LogP contribution in [0.15, 0.2) is 0 Å². The minimum Gasteiger partial charge on any atom is -0.377 e. The molecule has 1 amide bonds. The zero-order chi connectivity index (χ0) is 12.3. The summed E-state index contributed by atoms with van der Waals surface area (Å²) in [5, 5.41) is 0. The normalized spacial score (nSPS) is 27.5. The van der Waals surface area contributed by atoms with Gasteiger partial charge in [0.25, 0.3) is 0 Å². The SMILES string of the molecule is COC1CN(C(=O)[C@@H](N)C(C)C)CC1OC. The fourth-order valence-electron chi connectivity index (χ4n) is 1.87. The highest BCUT2D eigenvalue weighted by Gasteiger charge is 2.37. The highest BCUT2D eigenvalue weighted by Crippen LogP contribution is 2.17. The highest BCUT2D eigenvalue weighted by molar-refractivity contribution is 5.82. The summed E-state index contributed by atoms with van der Waals surface area (Å²) in [6.07, 6.45) is -0.0957. The number of rotatable bonds is 4. The molecule has 0 aromatic rings. The molecule has 0 aromatic carbocycles. The molecule has 2 N–H and O–H groups in total. The van der Waals surface area contributed by atoms with Gasteiger partial charge in [-0.1, -0.05) is 13.8 Å². The van der Waals surface area contributed by atoms with Crippen LogP contribution in [0.3, 0.4) is 0 Å². The molecule has 0 bridgehead atoms. The zero-order valence-electron chi connectivity index (χ0n) is 10.5. The minimum absolute atomic E-state index is 0.0170. The Hall–Kier alpha value is -0.650. The Morgan fingerprint density at radius 1 is 1.25 bits per heavy atom. The number of carbonyl (C=O) groups excluding carboxylic acids is 1. The lowest BCUT2D eigenvalue weighted by molar-refractivity contribution is -0.133. The third kappa shape index (κ3) is 2.72. The van der Waals surface area contributed by atoms with Gasteiger partial charge < -0.3 is 20.1 Å². The molecule has 1 aliphatic heterocycles. The van der Waals surface area contributed by atoms with Crippen LogP contribution in [0.1, 0.15) is 13.8 Å². The quantitative estimate of drug-likeness (QED) is 0.729. The molecular formula is C11H22N2O3. The Balaban J connectivity index is 2.60. The van der Waals surface area contributed by atoms with E-state index in [0.29, 0.717) is 13.1 Å². The first-order valence-electron chi connectivity index (χ1n) is 5.61. The van der Waals surface area contributed by atoms with Crippen LogP contribution in [0.2, 0.25) is 0 Å². The molecule has 3 atom stereocenters. The summed E-state index contributed by atoms with van der Waals surface area (Å²) in [6, 6.07) is -0.437. The number of methoxy groups -OCH3 is 2. The number of nitrogens with zero attached hydrogens (tertiary/aromatic N) is 1. The molecule has 1 rings (SSSR count). The fourth-order valence-corrected chi connectivity index (χ4v) is 1.87. The summed E-state index contributed by atoms with van der Waals surface area (Å²) in [5.74, 6) is 0.131. The predicted molar refractivity (Wildman–Crippen MR) is 61.0 cm³/mol. The van der Waals surface area contributed by atoms with Crippen LogP contribution in [0, 0.1) is 5.92 Å². The van der Waals surface area contributed by atoms with Crippen molar-refractivity contribution in [3.8, 4) is 0 Å². The van der Waals surface area contributed by atoms with Gasteiger partial charge in [0.05, 0.1) is 6.04 Å². The molecule has 2 unspecified atom stereocenters. The number of carbonyl (C=O) groups is 1. The number of nitrogens with two attached hydrogens (primary N) is 1. The molecule has 0 spiro atoms. The Labute approximate surface area is 96.9 Å². The van der Waals surface area contributed by atoms with Gasteiger partial charge in [0, 0.05) is 27.3 Å². The summed E-state index contributed by atoms with van der Waals surface area (Å²) >= 11 is 0. The van der Waals surface area contributed by atoms with E-state index >= 15 is 0 Å². The molecule has 94 valence electrons. The molecule has 16 heavy (non-hydrogen) atoms. The number of amides is 1. The van der Waals surface area contributed by atoms with Gasteiger partial charge >= 0.3 is 0 Å². The van der Waals surface area contributed by atoms with Crippen molar-refractivity contribution in [2.45, 2.75) is 32.1 Å². The second-order valence-corrected chi connectivity index (χ2v) is 4.56. The van der Waals surface area contributed by atoms with Gasteiger partial charge in [-0.3, -0.25) is 4.79 Å². The maximum atomic E-state index is 12.0. The van der Waals surface area contributed by atoms with Gasteiger partial charge in [0.15, 0.2) is 0 Å². The van der Waals surface area contributed by atoms with E-state index in [1.54, 1.807) is 19.1 Å². The van der Waals surface area contributed by atoms with E-state index in [9.17, 15) is 4.79 Å². The average Bonchev–Trinajstić information content (AvgIpc) is 2.69. The maximum absolute atomic E-state index is 12.0. The third-order valence-electron chi connectivity index (χ3n) is 3.14. The van der Waals surface area contributed by atoms with Crippen LogP contribution < -0.4 is 5.73 Å². The number of likely N-dealkylation sites (tertiary alicyclic amines) is 1. The minimum atomic E-state index is -0.437. The Morgan fingerprint density at radius 3 is 2.00 bits per heavy atom. The third-order valence-corrected chi connectivity index (χ3v) is 3.14.